The van der Waals surface area contributed by atoms with E-state index in [9.17, 15) is 4.79 Å². The average Bonchev–Trinajstić information content (AvgIpc) is 3.13. The molecule has 2 heterocycles. The number of carbonyl (C=O) groups excluding carboxylic acids is 1. The molecule has 4 rings (SSSR count). The summed E-state index contributed by atoms with van der Waals surface area (Å²) in [5.41, 5.74) is 5.46. The molecule has 0 fully saturated rings. The van der Waals surface area contributed by atoms with Crippen LogP contribution in [0, 0.1) is 0 Å². The third kappa shape index (κ3) is 2.17. The summed E-state index contributed by atoms with van der Waals surface area (Å²) in [4.78, 5) is 11.6. The molecule has 7 heteroatoms. The van der Waals surface area contributed by atoms with E-state index in [2.05, 4.69) is 15.8 Å². The maximum atomic E-state index is 12.5. The van der Waals surface area contributed by atoms with Crippen molar-refractivity contribution in [1.82, 2.24) is 5.43 Å². The SMILES string of the molecule is COc1ccc(C2=NNC3(S2)C(=O)Nc2ccc(Cl)cc23)cc1. The van der Waals surface area contributed by atoms with Crippen molar-refractivity contribution in [3.8, 4) is 5.75 Å². The van der Waals surface area contributed by atoms with Crippen molar-refractivity contribution >= 4 is 40.0 Å². The third-order valence-corrected chi connectivity index (χ3v) is 5.39. The Balaban J connectivity index is 1.69. The average molecular weight is 346 g/mol. The van der Waals surface area contributed by atoms with Crippen LogP contribution in [0.5, 0.6) is 5.75 Å². The first-order chi connectivity index (χ1) is 11.1. The summed E-state index contributed by atoms with van der Waals surface area (Å²) >= 11 is 7.47. The van der Waals surface area contributed by atoms with Crippen LogP contribution in [0.3, 0.4) is 0 Å². The Morgan fingerprint density at radius 1 is 1.22 bits per heavy atom. The lowest BCUT2D eigenvalue weighted by atomic mass is 10.1. The van der Waals surface area contributed by atoms with Gasteiger partial charge < -0.3 is 10.1 Å². The summed E-state index contributed by atoms with van der Waals surface area (Å²) < 4.78 is 5.16. The van der Waals surface area contributed by atoms with E-state index in [4.69, 9.17) is 16.3 Å². The molecule has 0 radical (unpaired) electrons. The fraction of sp³-hybridized carbons (Fsp3) is 0.125. The Hall–Kier alpha value is -2.18. The molecule has 0 bridgehead atoms. The predicted molar refractivity (Wildman–Crippen MR) is 92.0 cm³/mol. The van der Waals surface area contributed by atoms with Crippen molar-refractivity contribution in [3.63, 3.8) is 0 Å². The Kier molecular flexibility index (Phi) is 3.25. The van der Waals surface area contributed by atoms with Gasteiger partial charge in [0.1, 0.15) is 10.8 Å². The van der Waals surface area contributed by atoms with Gasteiger partial charge in [0.15, 0.2) is 0 Å². The van der Waals surface area contributed by atoms with Gasteiger partial charge in [-0.2, -0.15) is 5.10 Å². The van der Waals surface area contributed by atoms with Gasteiger partial charge in [-0.1, -0.05) is 23.4 Å². The van der Waals surface area contributed by atoms with E-state index in [0.717, 1.165) is 27.6 Å². The number of rotatable bonds is 2. The summed E-state index contributed by atoms with van der Waals surface area (Å²) in [6, 6.07) is 12.9. The maximum absolute atomic E-state index is 12.5. The predicted octanol–water partition coefficient (Wildman–Crippen LogP) is 3.15. The molecule has 0 saturated carbocycles. The van der Waals surface area contributed by atoms with Crippen LogP contribution in [-0.2, 0) is 9.67 Å². The molecular weight excluding hydrogens is 334 g/mol. The molecule has 116 valence electrons. The Morgan fingerprint density at radius 3 is 2.74 bits per heavy atom. The normalized spacial score (nSPS) is 21.7. The highest BCUT2D eigenvalue weighted by molar-refractivity contribution is 8.16. The molecule has 2 N–H and O–H groups in total. The monoisotopic (exact) mass is 345 g/mol. The molecule has 1 atom stereocenters. The number of nitrogens with zero attached hydrogens (tertiary/aromatic N) is 1. The highest BCUT2D eigenvalue weighted by Crippen LogP contribution is 2.48. The second kappa shape index (κ2) is 5.18. The quantitative estimate of drug-likeness (QED) is 0.877. The lowest BCUT2D eigenvalue weighted by Crippen LogP contribution is -2.39. The molecule has 2 aliphatic rings. The molecule has 2 aliphatic heterocycles. The number of hydrogen-bond acceptors (Lipinski definition) is 5. The minimum atomic E-state index is -0.963. The highest BCUT2D eigenvalue weighted by Gasteiger charge is 2.52. The van der Waals surface area contributed by atoms with Gasteiger partial charge in [0.25, 0.3) is 5.91 Å². The Morgan fingerprint density at radius 2 is 2.00 bits per heavy atom. The van der Waals surface area contributed by atoms with Crippen LogP contribution in [0.25, 0.3) is 0 Å². The fourth-order valence-corrected chi connectivity index (χ4v) is 3.96. The topological polar surface area (TPSA) is 62.7 Å². The first-order valence-corrected chi connectivity index (χ1v) is 8.11. The van der Waals surface area contributed by atoms with Crippen LogP contribution < -0.4 is 15.5 Å². The molecule has 23 heavy (non-hydrogen) atoms. The number of fused-ring (bicyclic) bond motifs is 2. The number of benzene rings is 2. The van der Waals surface area contributed by atoms with E-state index < -0.39 is 4.87 Å². The van der Waals surface area contributed by atoms with E-state index in [-0.39, 0.29) is 5.91 Å². The standard InChI is InChI=1S/C16H12ClN3O2S/c1-22-11-5-2-9(3-6-11)14-19-20-16(23-14)12-8-10(17)4-7-13(12)18-15(16)21/h2-8,20H,1H3,(H,18,21). The Bertz CT molecular complexity index is 838. The molecule has 1 unspecified atom stereocenters. The summed E-state index contributed by atoms with van der Waals surface area (Å²) in [5.74, 6) is 0.628. The molecule has 0 aliphatic carbocycles. The number of carbonyl (C=O) groups is 1. The first kappa shape index (κ1) is 14.4. The number of methoxy groups -OCH3 is 1. The van der Waals surface area contributed by atoms with Crippen molar-refractivity contribution < 1.29 is 9.53 Å². The molecule has 0 saturated heterocycles. The second-order valence-electron chi connectivity index (χ2n) is 5.18. The van der Waals surface area contributed by atoms with E-state index in [1.807, 2.05) is 24.3 Å². The molecule has 2 aromatic carbocycles. The minimum Gasteiger partial charge on any atom is -0.497 e. The highest BCUT2D eigenvalue weighted by atomic mass is 35.5. The number of anilines is 1. The van der Waals surface area contributed by atoms with Gasteiger partial charge in [-0.3, -0.25) is 10.2 Å². The van der Waals surface area contributed by atoms with Crippen molar-refractivity contribution in [2.24, 2.45) is 5.10 Å². The fourth-order valence-electron chi connectivity index (χ4n) is 2.64. The number of hydrazone groups is 1. The number of thioether (sulfide) groups is 1. The van der Waals surface area contributed by atoms with Crippen LogP contribution in [0.4, 0.5) is 5.69 Å². The molecule has 1 spiro atoms. The zero-order valence-corrected chi connectivity index (χ0v) is 13.7. The van der Waals surface area contributed by atoms with Gasteiger partial charge in [-0.25, -0.2) is 0 Å². The molecular formula is C16H12ClN3O2S. The van der Waals surface area contributed by atoms with Crippen molar-refractivity contribution in [2.45, 2.75) is 4.87 Å². The van der Waals surface area contributed by atoms with E-state index in [1.165, 1.54) is 11.8 Å². The van der Waals surface area contributed by atoms with E-state index in [1.54, 1.807) is 25.3 Å². The summed E-state index contributed by atoms with van der Waals surface area (Å²) in [6.45, 7) is 0. The zero-order valence-electron chi connectivity index (χ0n) is 12.1. The van der Waals surface area contributed by atoms with Crippen LogP contribution in [-0.4, -0.2) is 18.1 Å². The molecule has 1 amide bonds. The van der Waals surface area contributed by atoms with Gasteiger partial charge in [-0.05, 0) is 42.5 Å². The van der Waals surface area contributed by atoms with Crippen LogP contribution in [0.15, 0.2) is 47.6 Å². The summed E-state index contributed by atoms with van der Waals surface area (Å²) in [7, 11) is 1.62. The number of hydrogen-bond donors (Lipinski definition) is 2. The third-order valence-electron chi connectivity index (χ3n) is 3.83. The van der Waals surface area contributed by atoms with Gasteiger partial charge in [-0.15, -0.1) is 0 Å². The van der Waals surface area contributed by atoms with Crippen LogP contribution >= 0.6 is 23.4 Å². The number of amides is 1. The van der Waals surface area contributed by atoms with Crippen LogP contribution in [0.1, 0.15) is 11.1 Å². The molecule has 5 nitrogen and oxygen atoms in total. The Labute approximate surface area is 142 Å². The van der Waals surface area contributed by atoms with E-state index in [0.29, 0.717) is 5.02 Å². The number of halogens is 1. The van der Waals surface area contributed by atoms with E-state index >= 15 is 0 Å². The van der Waals surface area contributed by atoms with Crippen molar-refractivity contribution in [3.05, 3.63) is 58.6 Å². The minimum absolute atomic E-state index is 0.146. The lowest BCUT2D eigenvalue weighted by molar-refractivity contribution is -0.118. The summed E-state index contributed by atoms with van der Waals surface area (Å²) in [5, 5.41) is 8.56. The summed E-state index contributed by atoms with van der Waals surface area (Å²) in [6.07, 6.45) is 0. The van der Waals surface area contributed by atoms with Crippen LogP contribution in [0.2, 0.25) is 5.02 Å². The zero-order chi connectivity index (χ0) is 16.0. The van der Waals surface area contributed by atoms with Gasteiger partial charge >= 0.3 is 0 Å². The molecule has 0 aromatic heterocycles. The van der Waals surface area contributed by atoms with Crippen molar-refractivity contribution in [1.29, 1.82) is 0 Å². The lowest BCUT2D eigenvalue weighted by Gasteiger charge is -2.19. The van der Waals surface area contributed by atoms with Crippen molar-refractivity contribution in [2.75, 3.05) is 12.4 Å². The largest absolute Gasteiger partial charge is 0.497 e. The second-order valence-corrected chi connectivity index (χ2v) is 6.82. The number of ether oxygens (including phenoxy) is 1. The number of nitrogens with one attached hydrogen (secondary N) is 2. The first-order valence-electron chi connectivity index (χ1n) is 6.92. The van der Waals surface area contributed by atoms with Gasteiger partial charge in [0, 0.05) is 21.8 Å². The van der Waals surface area contributed by atoms with Gasteiger partial charge in [0.05, 0.1) is 7.11 Å². The van der Waals surface area contributed by atoms with Gasteiger partial charge in [0.2, 0.25) is 4.87 Å². The maximum Gasteiger partial charge on any atom is 0.267 e. The molecule has 2 aromatic rings. The smallest absolute Gasteiger partial charge is 0.267 e.